The predicted molar refractivity (Wildman–Crippen MR) is 123 cm³/mol. The van der Waals surface area contributed by atoms with Gasteiger partial charge in [0.1, 0.15) is 23.1 Å². The van der Waals surface area contributed by atoms with Crippen molar-refractivity contribution in [2.75, 3.05) is 7.11 Å². The Bertz CT molecular complexity index is 1330. The van der Waals surface area contributed by atoms with Crippen LogP contribution in [-0.4, -0.2) is 33.2 Å². The molecular formula is C26H25F2N3O3. The van der Waals surface area contributed by atoms with Gasteiger partial charge in [0.2, 0.25) is 0 Å². The first-order chi connectivity index (χ1) is 16.3. The highest BCUT2D eigenvalue weighted by Gasteiger charge is 2.38. The Morgan fingerprint density at radius 1 is 1.09 bits per heavy atom. The van der Waals surface area contributed by atoms with Gasteiger partial charge in [-0.2, -0.15) is 8.78 Å². The van der Waals surface area contributed by atoms with Crippen molar-refractivity contribution in [2.45, 2.75) is 44.5 Å². The molecule has 1 aliphatic carbocycles. The first-order valence-corrected chi connectivity index (χ1v) is 11.0. The van der Waals surface area contributed by atoms with E-state index in [9.17, 15) is 13.9 Å². The minimum Gasteiger partial charge on any atom is -0.435 e. The Morgan fingerprint density at radius 2 is 1.85 bits per heavy atom. The van der Waals surface area contributed by atoms with Crippen LogP contribution in [0.25, 0.3) is 16.8 Å². The number of imidazole rings is 1. The summed E-state index contributed by atoms with van der Waals surface area (Å²) < 4.78 is 38.7. The lowest BCUT2D eigenvalue weighted by molar-refractivity contribution is -0.0506. The molecule has 8 heteroatoms. The predicted octanol–water partition coefficient (Wildman–Crippen LogP) is 5.45. The van der Waals surface area contributed by atoms with Gasteiger partial charge in [0.05, 0.1) is 17.1 Å². The van der Waals surface area contributed by atoms with Crippen LogP contribution in [0.15, 0.2) is 60.9 Å². The molecule has 0 spiro atoms. The third kappa shape index (κ3) is 3.93. The average molecular weight is 466 g/mol. The maximum Gasteiger partial charge on any atom is 0.387 e. The normalized spacial score (nSPS) is 18.0. The summed E-state index contributed by atoms with van der Waals surface area (Å²) in [5.74, 6) is -0.0708. The minimum atomic E-state index is -2.91. The molecule has 0 saturated heterocycles. The topological polar surface area (TPSA) is 68.9 Å². The highest BCUT2D eigenvalue weighted by Crippen LogP contribution is 2.48. The maximum atomic E-state index is 13.1. The van der Waals surface area contributed by atoms with Crippen LogP contribution in [0.4, 0.5) is 8.78 Å². The minimum absolute atomic E-state index is 0.155. The second-order valence-electron chi connectivity index (χ2n) is 8.95. The molecule has 3 heterocycles. The van der Waals surface area contributed by atoms with E-state index in [1.807, 2.05) is 40.9 Å². The van der Waals surface area contributed by atoms with Crippen molar-refractivity contribution in [2.24, 2.45) is 0 Å². The highest BCUT2D eigenvalue weighted by atomic mass is 19.3. The van der Waals surface area contributed by atoms with Crippen molar-refractivity contribution in [1.29, 1.82) is 0 Å². The Morgan fingerprint density at radius 3 is 2.53 bits per heavy atom. The molecule has 2 atom stereocenters. The summed E-state index contributed by atoms with van der Waals surface area (Å²) in [5.41, 5.74) is 4.47. The van der Waals surface area contributed by atoms with Gasteiger partial charge in [-0.05, 0) is 44.5 Å². The van der Waals surface area contributed by atoms with E-state index in [4.69, 9.17) is 14.5 Å². The summed E-state index contributed by atoms with van der Waals surface area (Å²) in [4.78, 5) is 9.20. The number of benzene rings is 1. The van der Waals surface area contributed by atoms with Crippen LogP contribution in [0, 0.1) is 0 Å². The van der Waals surface area contributed by atoms with E-state index in [2.05, 4.69) is 4.98 Å². The van der Waals surface area contributed by atoms with Gasteiger partial charge in [0, 0.05) is 42.1 Å². The first-order valence-electron chi connectivity index (χ1n) is 11.0. The van der Waals surface area contributed by atoms with Crippen molar-refractivity contribution in [1.82, 2.24) is 14.4 Å². The van der Waals surface area contributed by atoms with E-state index in [0.717, 1.165) is 28.2 Å². The van der Waals surface area contributed by atoms with Crippen molar-refractivity contribution >= 4 is 5.65 Å². The monoisotopic (exact) mass is 465 g/mol. The van der Waals surface area contributed by atoms with Gasteiger partial charge in [-0.1, -0.05) is 24.3 Å². The number of halogens is 2. The SMILES string of the molecule is COC1CC(c2ccccc2OC(F)F)c2c1nc1ccc(-c3ccc(C(C)(C)O)nc3)cn21. The number of pyridine rings is 2. The van der Waals surface area contributed by atoms with E-state index in [1.165, 1.54) is 0 Å². The highest BCUT2D eigenvalue weighted by molar-refractivity contribution is 5.65. The van der Waals surface area contributed by atoms with Crippen LogP contribution in [0.2, 0.25) is 0 Å². The van der Waals surface area contributed by atoms with E-state index >= 15 is 0 Å². The molecule has 1 aliphatic rings. The van der Waals surface area contributed by atoms with Crippen molar-refractivity contribution in [3.05, 3.63) is 83.6 Å². The number of aromatic nitrogens is 3. The number of alkyl halides is 2. The molecule has 176 valence electrons. The second-order valence-corrected chi connectivity index (χ2v) is 8.95. The number of hydrogen-bond donors (Lipinski definition) is 1. The number of nitrogens with zero attached hydrogens (tertiary/aromatic N) is 3. The molecular weight excluding hydrogens is 440 g/mol. The summed E-state index contributed by atoms with van der Waals surface area (Å²) >= 11 is 0. The van der Waals surface area contributed by atoms with E-state index in [0.29, 0.717) is 17.7 Å². The van der Waals surface area contributed by atoms with Gasteiger partial charge in [-0.3, -0.25) is 4.98 Å². The lowest BCUT2D eigenvalue weighted by Crippen LogP contribution is -2.17. The molecule has 1 aromatic carbocycles. The van der Waals surface area contributed by atoms with Gasteiger partial charge >= 0.3 is 6.61 Å². The molecule has 2 unspecified atom stereocenters. The van der Waals surface area contributed by atoms with Crippen LogP contribution in [0.3, 0.4) is 0 Å². The standard InChI is InChI=1S/C26H25F2N3O3/c1-26(2,32)21-10-8-15(13-29-21)16-9-11-22-30-23-20(33-3)12-18(24(23)31(22)14-16)17-6-4-5-7-19(17)34-25(27)28/h4-11,13-14,18,20,25,32H,12H2,1-3H3. The Hall–Kier alpha value is -3.36. The lowest BCUT2D eigenvalue weighted by Gasteiger charge is -2.18. The number of fused-ring (bicyclic) bond motifs is 3. The number of rotatable bonds is 6. The maximum absolute atomic E-state index is 13.1. The lowest BCUT2D eigenvalue weighted by atomic mass is 9.95. The first kappa shape index (κ1) is 22.4. The van der Waals surface area contributed by atoms with Crippen LogP contribution in [-0.2, 0) is 10.3 Å². The van der Waals surface area contributed by atoms with E-state index in [1.54, 1.807) is 45.4 Å². The van der Waals surface area contributed by atoms with Crippen LogP contribution in [0.1, 0.15) is 54.9 Å². The third-order valence-electron chi connectivity index (χ3n) is 6.29. The van der Waals surface area contributed by atoms with Gasteiger partial charge < -0.3 is 19.0 Å². The average Bonchev–Trinajstić information content (AvgIpc) is 3.35. The molecule has 0 aliphatic heterocycles. The zero-order chi connectivity index (χ0) is 24.0. The molecule has 34 heavy (non-hydrogen) atoms. The van der Waals surface area contributed by atoms with Crippen molar-refractivity contribution in [3.8, 4) is 16.9 Å². The fraction of sp³-hybridized carbons (Fsp3) is 0.308. The Balaban J connectivity index is 1.62. The van der Waals surface area contributed by atoms with Crippen LogP contribution in [0.5, 0.6) is 5.75 Å². The zero-order valence-corrected chi connectivity index (χ0v) is 19.1. The molecule has 4 aromatic rings. The van der Waals surface area contributed by atoms with Crippen molar-refractivity contribution < 1.29 is 23.4 Å². The molecule has 6 nitrogen and oxygen atoms in total. The molecule has 0 bridgehead atoms. The number of methoxy groups -OCH3 is 1. The molecule has 5 rings (SSSR count). The summed E-state index contributed by atoms with van der Waals surface area (Å²) in [6, 6.07) is 14.5. The van der Waals surface area contributed by atoms with E-state index < -0.39 is 12.2 Å². The summed E-state index contributed by atoms with van der Waals surface area (Å²) in [7, 11) is 1.63. The Labute approximate surface area is 195 Å². The van der Waals surface area contributed by atoms with Crippen LogP contribution < -0.4 is 4.74 Å². The Kier molecular flexibility index (Phi) is 5.58. The number of para-hydroxylation sites is 1. The number of hydrogen-bond acceptors (Lipinski definition) is 5. The number of aliphatic hydroxyl groups is 1. The summed E-state index contributed by atoms with van der Waals surface area (Å²) in [6.45, 7) is 0.476. The fourth-order valence-electron chi connectivity index (χ4n) is 4.65. The molecule has 0 fully saturated rings. The van der Waals surface area contributed by atoms with Crippen molar-refractivity contribution in [3.63, 3.8) is 0 Å². The zero-order valence-electron chi connectivity index (χ0n) is 19.1. The molecule has 0 radical (unpaired) electrons. The third-order valence-corrected chi connectivity index (χ3v) is 6.29. The molecule has 1 N–H and O–H groups in total. The second kappa shape index (κ2) is 8.45. The largest absolute Gasteiger partial charge is 0.435 e. The van der Waals surface area contributed by atoms with E-state index in [-0.39, 0.29) is 17.8 Å². The molecule has 3 aromatic heterocycles. The number of ether oxygens (including phenoxy) is 2. The summed E-state index contributed by atoms with van der Waals surface area (Å²) in [5, 5.41) is 10.2. The fourth-order valence-corrected chi connectivity index (χ4v) is 4.65. The smallest absolute Gasteiger partial charge is 0.387 e. The van der Waals surface area contributed by atoms with Gasteiger partial charge in [0.15, 0.2) is 0 Å². The molecule has 0 amide bonds. The van der Waals surface area contributed by atoms with Gasteiger partial charge in [-0.15, -0.1) is 0 Å². The summed E-state index contributed by atoms with van der Waals surface area (Å²) in [6.07, 6.45) is 4.03. The van der Waals surface area contributed by atoms with Gasteiger partial charge in [-0.25, -0.2) is 4.98 Å². The van der Waals surface area contributed by atoms with Gasteiger partial charge in [0.25, 0.3) is 0 Å². The molecule has 0 saturated carbocycles. The quantitative estimate of drug-likeness (QED) is 0.410. The van der Waals surface area contributed by atoms with Crippen LogP contribution >= 0.6 is 0 Å².